The number of amides is 1. The number of carbonyl (C=O) groups excluding carboxylic acids is 1. The van der Waals surface area contributed by atoms with Crippen molar-refractivity contribution < 1.29 is 44.4 Å². The molecule has 0 unspecified atom stereocenters. The van der Waals surface area contributed by atoms with Crippen molar-refractivity contribution in [1.82, 2.24) is 20.1 Å². The third kappa shape index (κ3) is 13.4. The fourth-order valence-electron chi connectivity index (χ4n) is 2.28. The number of hydrogen-bond acceptors (Lipinski definition) is 9. The maximum atomic E-state index is 11.4. The average Bonchev–Trinajstić information content (AvgIpc) is 2.54. The second-order valence-corrected chi connectivity index (χ2v) is 5.84. The minimum atomic E-state index is -1.23. The van der Waals surface area contributed by atoms with Gasteiger partial charge in [0.2, 0.25) is 5.91 Å². The number of aliphatic carboxylic acids is 4. The largest absolute Gasteiger partial charge is 0.480 e. The van der Waals surface area contributed by atoms with Crippen LogP contribution in [0.3, 0.4) is 0 Å². The summed E-state index contributed by atoms with van der Waals surface area (Å²) < 4.78 is 0. The molecule has 0 aliphatic carbocycles. The van der Waals surface area contributed by atoms with Gasteiger partial charge in [-0.1, -0.05) is 0 Å². The van der Waals surface area contributed by atoms with Crippen LogP contribution in [0.5, 0.6) is 0 Å². The van der Waals surface area contributed by atoms with Crippen molar-refractivity contribution in [3.05, 3.63) is 0 Å². The van der Waals surface area contributed by atoms with Gasteiger partial charge in [0.25, 0.3) is 0 Å². The zero-order valence-electron chi connectivity index (χ0n) is 15.1. The van der Waals surface area contributed by atoms with Crippen molar-refractivity contribution in [3.63, 3.8) is 0 Å². The van der Waals surface area contributed by atoms with E-state index in [0.29, 0.717) is 0 Å². The van der Waals surface area contributed by atoms with E-state index in [1.54, 1.807) is 0 Å². The predicted molar refractivity (Wildman–Crippen MR) is 92.2 cm³/mol. The van der Waals surface area contributed by atoms with Crippen LogP contribution in [0.1, 0.15) is 0 Å². The number of carboxylic acid groups (broad SMARTS) is 4. The van der Waals surface area contributed by atoms with E-state index in [1.807, 2.05) is 5.43 Å². The molecule has 0 bridgehead atoms. The summed E-state index contributed by atoms with van der Waals surface area (Å²) in [5.74, 6) is -0.480. The number of nitrogens with two attached hydrogens (primary N) is 1. The maximum Gasteiger partial charge on any atom is 0.317 e. The van der Waals surface area contributed by atoms with Crippen LogP contribution >= 0.6 is 0 Å². The van der Waals surface area contributed by atoms with Gasteiger partial charge < -0.3 is 20.4 Å². The Bertz CT molecular complexity index is 555. The topological polar surface area (TPSA) is 214 Å². The summed E-state index contributed by atoms with van der Waals surface area (Å²) in [6, 6.07) is 0. The molecular formula is C14H25N5O9. The fraction of sp³-hybridized carbons (Fsp3) is 0.643. The van der Waals surface area contributed by atoms with Crippen molar-refractivity contribution in [1.29, 1.82) is 0 Å². The maximum absolute atomic E-state index is 11.4. The summed E-state index contributed by atoms with van der Waals surface area (Å²) in [4.78, 5) is 58.6. The molecule has 0 aromatic heterocycles. The van der Waals surface area contributed by atoms with E-state index in [4.69, 9.17) is 26.3 Å². The zero-order valence-corrected chi connectivity index (χ0v) is 15.1. The molecule has 0 radical (unpaired) electrons. The highest BCUT2D eigenvalue weighted by Crippen LogP contribution is 1.97. The van der Waals surface area contributed by atoms with Gasteiger partial charge >= 0.3 is 23.9 Å². The molecule has 0 aromatic carbocycles. The lowest BCUT2D eigenvalue weighted by atomic mass is 10.3. The van der Waals surface area contributed by atoms with Crippen LogP contribution in [-0.4, -0.2) is 124 Å². The quantitative estimate of drug-likeness (QED) is 0.0824. The lowest BCUT2D eigenvalue weighted by Gasteiger charge is -2.27. The molecule has 0 rings (SSSR count). The highest BCUT2D eigenvalue weighted by molar-refractivity contribution is 5.78. The Morgan fingerprint density at radius 3 is 1.18 bits per heavy atom. The second-order valence-electron chi connectivity index (χ2n) is 5.84. The fourth-order valence-corrected chi connectivity index (χ4v) is 2.28. The molecule has 14 heteroatoms. The first kappa shape index (κ1) is 25.2. The van der Waals surface area contributed by atoms with Gasteiger partial charge in [-0.15, -0.1) is 0 Å². The summed E-state index contributed by atoms with van der Waals surface area (Å²) in [5.41, 5.74) is 1.87. The van der Waals surface area contributed by atoms with E-state index in [-0.39, 0.29) is 32.7 Å². The Balaban J connectivity index is 4.90. The Kier molecular flexibility index (Phi) is 12.0. The molecule has 160 valence electrons. The summed E-state index contributed by atoms with van der Waals surface area (Å²) >= 11 is 0. The number of rotatable bonds is 16. The number of nitrogens with zero attached hydrogens (tertiary/aromatic N) is 3. The molecule has 0 atom stereocenters. The average molecular weight is 407 g/mol. The predicted octanol–water partition coefficient (Wildman–Crippen LogP) is -3.78. The number of carboxylic acids is 4. The Labute approximate surface area is 160 Å². The van der Waals surface area contributed by atoms with Crippen LogP contribution in [0.25, 0.3) is 0 Å². The molecule has 0 spiro atoms. The van der Waals surface area contributed by atoms with Crippen molar-refractivity contribution >= 4 is 29.8 Å². The van der Waals surface area contributed by atoms with Crippen molar-refractivity contribution in [2.45, 2.75) is 0 Å². The third-order valence-electron chi connectivity index (χ3n) is 3.43. The van der Waals surface area contributed by atoms with Crippen molar-refractivity contribution in [2.75, 3.05) is 58.9 Å². The molecule has 28 heavy (non-hydrogen) atoms. The first-order valence-electron chi connectivity index (χ1n) is 8.07. The van der Waals surface area contributed by atoms with Crippen LogP contribution in [-0.2, 0) is 24.0 Å². The molecule has 0 aliphatic heterocycles. The molecule has 0 aliphatic rings. The number of hydrogen-bond donors (Lipinski definition) is 6. The molecule has 0 fully saturated rings. The van der Waals surface area contributed by atoms with Gasteiger partial charge in [-0.3, -0.25) is 44.1 Å². The Morgan fingerprint density at radius 2 is 0.857 bits per heavy atom. The van der Waals surface area contributed by atoms with E-state index < -0.39 is 56.0 Å². The van der Waals surface area contributed by atoms with Crippen molar-refractivity contribution in [2.24, 2.45) is 5.84 Å². The van der Waals surface area contributed by atoms with Crippen LogP contribution in [0, 0.1) is 0 Å². The molecule has 14 nitrogen and oxygen atoms in total. The number of nitrogens with one attached hydrogen (secondary N) is 1. The van der Waals surface area contributed by atoms with E-state index in [0.717, 1.165) is 4.90 Å². The number of hydrazine groups is 1. The molecule has 0 saturated carbocycles. The summed E-state index contributed by atoms with van der Waals surface area (Å²) in [5, 5.41) is 35.5. The van der Waals surface area contributed by atoms with E-state index in [1.165, 1.54) is 9.80 Å². The lowest BCUT2D eigenvalue weighted by Crippen LogP contribution is -2.47. The Morgan fingerprint density at radius 1 is 0.571 bits per heavy atom. The summed E-state index contributed by atoms with van der Waals surface area (Å²) in [6.45, 7) is -2.23. The first-order chi connectivity index (χ1) is 13.0. The van der Waals surface area contributed by atoms with E-state index in [2.05, 4.69) is 0 Å². The second kappa shape index (κ2) is 13.4. The molecule has 0 saturated heterocycles. The highest BCUT2D eigenvalue weighted by Gasteiger charge is 2.19. The van der Waals surface area contributed by atoms with Gasteiger partial charge in [-0.05, 0) is 0 Å². The minimum absolute atomic E-state index is 0.0187. The highest BCUT2D eigenvalue weighted by atomic mass is 16.4. The van der Waals surface area contributed by atoms with Crippen LogP contribution in [0.15, 0.2) is 0 Å². The first-order valence-corrected chi connectivity index (χ1v) is 8.07. The van der Waals surface area contributed by atoms with Gasteiger partial charge in [0.15, 0.2) is 0 Å². The van der Waals surface area contributed by atoms with E-state index >= 15 is 0 Å². The lowest BCUT2D eigenvalue weighted by molar-refractivity contribution is -0.143. The van der Waals surface area contributed by atoms with Gasteiger partial charge in [-0.25, -0.2) is 5.84 Å². The van der Waals surface area contributed by atoms with E-state index in [9.17, 15) is 24.0 Å². The summed E-state index contributed by atoms with van der Waals surface area (Å²) in [6.07, 6.45) is 0. The van der Waals surface area contributed by atoms with Gasteiger partial charge in [0, 0.05) is 26.2 Å². The van der Waals surface area contributed by atoms with Crippen molar-refractivity contribution in [3.8, 4) is 0 Å². The molecule has 0 heterocycles. The normalized spacial score (nSPS) is 11.0. The van der Waals surface area contributed by atoms with Crippen LogP contribution in [0.4, 0.5) is 0 Å². The molecule has 1 amide bonds. The SMILES string of the molecule is NNC(=O)CN(CCN(CCN(CC(=O)O)CC(=O)O)CC(=O)O)CC(=O)O. The smallest absolute Gasteiger partial charge is 0.317 e. The molecule has 7 N–H and O–H groups in total. The van der Waals surface area contributed by atoms with Gasteiger partial charge in [0.1, 0.15) is 0 Å². The monoisotopic (exact) mass is 407 g/mol. The summed E-state index contributed by atoms with van der Waals surface area (Å²) in [7, 11) is 0. The molecule has 0 aromatic rings. The standard InChI is InChI=1S/C14H25N5O9/c15-16-10(20)5-18(7-12(23)24)3-1-17(6-11(21)22)2-4-19(8-13(25)26)9-14(27)28/h1-9,15H2,(H,16,20)(H,21,22)(H,23,24)(H,25,26)(H,27,28). The van der Waals surface area contributed by atoms with Gasteiger partial charge in [0.05, 0.1) is 32.7 Å². The van der Waals surface area contributed by atoms with Crippen LogP contribution in [0.2, 0.25) is 0 Å². The van der Waals surface area contributed by atoms with Crippen LogP contribution < -0.4 is 11.3 Å². The zero-order chi connectivity index (χ0) is 21.7. The van der Waals surface area contributed by atoms with Gasteiger partial charge in [-0.2, -0.15) is 0 Å². The number of carbonyl (C=O) groups is 5. The Hall–Kier alpha value is -2.81. The third-order valence-corrected chi connectivity index (χ3v) is 3.43. The molecular weight excluding hydrogens is 382 g/mol. The minimum Gasteiger partial charge on any atom is -0.480 e.